The highest BCUT2D eigenvalue weighted by Crippen LogP contribution is 1.47. The van der Waals surface area contributed by atoms with Crippen LogP contribution in [0.1, 0.15) is 0 Å². The van der Waals surface area contributed by atoms with E-state index in [0.29, 0.717) is 0 Å². The van der Waals surface area contributed by atoms with E-state index in [9.17, 15) is 8.76 Å². The summed E-state index contributed by atoms with van der Waals surface area (Å²) in [6.07, 6.45) is 0. The molecule has 0 fully saturated rings. The van der Waals surface area contributed by atoms with E-state index >= 15 is 0 Å². The molecule has 0 amide bonds. The maximum Gasteiger partial charge on any atom is 0.0178 e. The average Bonchev–Trinajstić information content (AvgIpc) is 1.73. The molecule has 0 aromatic heterocycles. The standard InChI is InChI=1S/C2H4.CH5NO2S/c1-2;1-2-5(3)4/h1-2H2;2H,1H3,(H,3,4)/p-1. The molecule has 0 aliphatic rings. The van der Waals surface area contributed by atoms with Gasteiger partial charge in [0.2, 0.25) is 0 Å². The summed E-state index contributed by atoms with van der Waals surface area (Å²) in [5.41, 5.74) is 0. The highest BCUT2D eigenvalue weighted by Gasteiger charge is 1.57. The summed E-state index contributed by atoms with van der Waals surface area (Å²) < 4.78 is 20.5. The lowest BCUT2D eigenvalue weighted by Crippen LogP contribution is -2.07. The van der Waals surface area contributed by atoms with Gasteiger partial charge >= 0.3 is 0 Å². The van der Waals surface area contributed by atoms with Crippen molar-refractivity contribution in [3.63, 3.8) is 0 Å². The minimum Gasteiger partial charge on any atom is -0.760 e. The maximum atomic E-state index is 9.26. The molecule has 0 saturated heterocycles. The van der Waals surface area contributed by atoms with Gasteiger partial charge in [0, 0.05) is 11.3 Å². The van der Waals surface area contributed by atoms with E-state index in [1.165, 1.54) is 7.05 Å². The molecule has 44 valence electrons. The molecular weight excluding hydrogens is 114 g/mol. The van der Waals surface area contributed by atoms with E-state index in [1.54, 1.807) is 0 Å². The Bertz CT molecular complexity index is 56.9. The molecule has 0 heterocycles. The first kappa shape index (κ1) is 9.94. The molecule has 0 aliphatic heterocycles. The van der Waals surface area contributed by atoms with Crippen molar-refractivity contribution in [3.05, 3.63) is 13.2 Å². The van der Waals surface area contributed by atoms with Gasteiger partial charge in [-0.15, -0.1) is 13.2 Å². The molecule has 0 radical (unpaired) electrons. The molecule has 0 saturated carbocycles. The SMILES string of the molecule is C=C.CNS(=O)[O-]. The molecule has 0 aliphatic carbocycles. The van der Waals surface area contributed by atoms with Gasteiger partial charge in [-0.25, -0.2) is 0 Å². The lowest BCUT2D eigenvalue weighted by Gasteiger charge is -1.95. The first-order valence-corrected chi connectivity index (χ1v) is 2.61. The van der Waals surface area contributed by atoms with Crippen LogP contribution in [0.5, 0.6) is 0 Å². The highest BCUT2D eigenvalue weighted by atomic mass is 32.2. The largest absolute Gasteiger partial charge is 0.760 e. The maximum absolute atomic E-state index is 9.26. The first-order chi connectivity index (χ1) is 3.27. The van der Waals surface area contributed by atoms with Gasteiger partial charge in [0.05, 0.1) is 0 Å². The van der Waals surface area contributed by atoms with Crippen molar-refractivity contribution in [2.75, 3.05) is 7.05 Å². The summed E-state index contributed by atoms with van der Waals surface area (Å²) in [7, 11) is 1.34. The second-order valence-electron chi connectivity index (χ2n) is 0.439. The summed E-state index contributed by atoms with van der Waals surface area (Å²) in [5.74, 6) is 0. The number of hydrogen-bond donors (Lipinski definition) is 1. The van der Waals surface area contributed by atoms with Gasteiger partial charge in [-0.3, -0.25) is 8.93 Å². The third-order valence-electron chi connectivity index (χ3n) is 0.167. The van der Waals surface area contributed by atoms with Crippen molar-refractivity contribution in [1.29, 1.82) is 0 Å². The predicted molar refractivity (Wildman–Crippen MR) is 29.2 cm³/mol. The Kier molecular flexibility index (Phi) is 13.1. The number of nitrogens with one attached hydrogen (secondary N) is 1. The monoisotopic (exact) mass is 122 g/mol. The Morgan fingerprint density at radius 2 is 1.86 bits per heavy atom. The molecule has 4 heteroatoms. The van der Waals surface area contributed by atoms with Gasteiger partial charge in [0.1, 0.15) is 0 Å². The minimum atomic E-state index is -2.07. The molecule has 0 aromatic rings. The van der Waals surface area contributed by atoms with Crippen LogP contribution in [0.3, 0.4) is 0 Å². The normalized spacial score (nSPS) is 11.1. The van der Waals surface area contributed by atoms with Crippen LogP contribution in [0, 0.1) is 0 Å². The van der Waals surface area contributed by atoms with Gasteiger partial charge < -0.3 is 4.55 Å². The molecule has 0 rings (SSSR count). The van der Waals surface area contributed by atoms with E-state index in [4.69, 9.17) is 0 Å². The number of rotatable bonds is 1. The van der Waals surface area contributed by atoms with Gasteiger partial charge in [-0.2, -0.15) is 0 Å². The molecule has 3 nitrogen and oxygen atoms in total. The second kappa shape index (κ2) is 9.26. The van der Waals surface area contributed by atoms with E-state index in [0.717, 1.165) is 0 Å². The topological polar surface area (TPSA) is 52.2 Å². The van der Waals surface area contributed by atoms with E-state index in [1.807, 2.05) is 4.72 Å². The van der Waals surface area contributed by atoms with Crippen molar-refractivity contribution in [3.8, 4) is 0 Å². The summed E-state index contributed by atoms with van der Waals surface area (Å²) in [6.45, 7) is 6.00. The summed E-state index contributed by atoms with van der Waals surface area (Å²) >= 11 is -2.07. The van der Waals surface area contributed by atoms with Crippen molar-refractivity contribution in [2.45, 2.75) is 0 Å². The molecular formula is C3H8NO2S-. The van der Waals surface area contributed by atoms with Gasteiger partial charge in [0.25, 0.3) is 0 Å². The Hall–Kier alpha value is -0.190. The van der Waals surface area contributed by atoms with E-state index in [-0.39, 0.29) is 0 Å². The zero-order valence-corrected chi connectivity index (χ0v) is 4.96. The lowest BCUT2D eigenvalue weighted by atomic mass is 11.3. The van der Waals surface area contributed by atoms with Gasteiger partial charge in [-0.1, -0.05) is 0 Å². The van der Waals surface area contributed by atoms with Crippen LogP contribution in [0.4, 0.5) is 0 Å². The molecule has 1 N–H and O–H groups in total. The average molecular weight is 122 g/mol. The zero-order valence-electron chi connectivity index (χ0n) is 4.14. The highest BCUT2D eigenvalue weighted by molar-refractivity contribution is 7.77. The smallest absolute Gasteiger partial charge is 0.0178 e. The molecule has 0 spiro atoms. The Labute approximate surface area is 45.8 Å². The molecule has 0 aromatic carbocycles. The Balaban J connectivity index is 0. The molecule has 0 bridgehead atoms. The quantitative estimate of drug-likeness (QED) is 0.387. The first-order valence-electron chi connectivity index (χ1n) is 1.54. The predicted octanol–water partition coefficient (Wildman–Crippen LogP) is -0.198. The van der Waals surface area contributed by atoms with E-state index in [2.05, 4.69) is 13.2 Å². The molecule has 1 unspecified atom stereocenters. The van der Waals surface area contributed by atoms with Gasteiger partial charge in [-0.05, 0) is 7.05 Å². The Morgan fingerprint density at radius 3 is 1.86 bits per heavy atom. The molecule has 1 atom stereocenters. The summed E-state index contributed by atoms with van der Waals surface area (Å²) in [6, 6.07) is 0. The summed E-state index contributed by atoms with van der Waals surface area (Å²) in [5, 5.41) is 0. The number of hydrogen-bond acceptors (Lipinski definition) is 2. The Morgan fingerprint density at radius 1 is 1.71 bits per heavy atom. The van der Waals surface area contributed by atoms with Crippen molar-refractivity contribution in [2.24, 2.45) is 0 Å². The van der Waals surface area contributed by atoms with Crippen LogP contribution in [0.15, 0.2) is 13.2 Å². The third kappa shape index (κ3) is 25.7. The van der Waals surface area contributed by atoms with Crippen LogP contribution in [0.2, 0.25) is 0 Å². The zero-order chi connectivity index (χ0) is 6.28. The molecule has 7 heavy (non-hydrogen) atoms. The lowest BCUT2D eigenvalue weighted by molar-refractivity contribution is 0.529. The van der Waals surface area contributed by atoms with Crippen LogP contribution in [-0.2, 0) is 11.3 Å². The summed E-state index contributed by atoms with van der Waals surface area (Å²) in [4.78, 5) is 0. The van der Waals surface area contributed by atoms with Gasteiger partial charge in [0.15, 0.2) is 0 Å². The van der Waals surface area contributed by atoms with Crippen molar-refractivity contribution in [1.82, 2.24) is 4.72 Å². The van der Waals surface area contributed by atoms with Crippen molar-refractivity contribution >= 4 is 11.3 Å². The fourth-order valence-electron chi connectivity index (χ4n) is 0. The minimum absolute atomic E-state index is 1.34. The van der Waals surface area contributed by atoms with E-state index < -0.39 is 11.3 Å². The second-order valence-corrected chi connectivity index (χ2v) is 1.32. The van der Waals surface area contributed by atoms with Crippen molar-refractivity contribution < 1.29 is 8.76 Å². The van der Waals surface area contributed by atoms with Crippen LogP contribution >= 0.6 is 0 Å². The van der Waals surface area contributed by atoms with Crippen LogP contribution in [-0.4, -0.2) is 15.8 Å². The fraction of sp³-hybridized carbons (Fsp3) is 0.333. The van der Waals surface area contributed by atoms with Crippen LogP contribution in [0.25, 0.3) is 0 Å². The third-order valence-corrected chi connectivity index (χ3v) is 0.500. The van der Waals surface area contributed by atoms with Crippen LogP contribution < -0.4 is 4.72 Å². The fourth-order valence-corrected chi connectivity index (χ4v) is 0.